The van der Waals surface area contributed by atoms with Gasteiger partial charge in [0.1, 0.15) is 29.3 Å². The standard InChI is InChI=1S/C35H42N4O11/c1-18(9-11-37-2)21(13-19-10-12-38-15-19)16-39-17-35(47)31(43)28(42)30(33(45)46)50-34(35)48-23-7-8-24-25(14-23)49-29(32(36)44)26(27(24)41)20-3-5-22(40)6-4-20/h3-8,10,12,14-15,18,21,28,30-31,34,37-40,42-43,47H,9,11,13,16-17H2,1-2H3,(H2,36,44)(H,45,46). The van der Waals surface area contributed by atoms with Crippen molar-refractivity contribution in [2.75, 3.05) is 26.7 Å². The summed E-state index contributed by atoms with van der Waals surface area (Å²) in [5.41, 5.74) is 3.71. The minimum atomic E-state index is -2.37. The summed E-state index contributed by atoms with van der Waals surface area (Å²) in [6.07, 6.45) is -2.49. The molecule has 1 aliphatic rings. The monoisotopic (exact) mass is 694 g/mol. The molecule has 1 fully saturated rings. The fourth-order valence-corrected chi connectivity index (χ4v) is 6.22. The second-order valence-electron chi connectivity index (χ2n) is 12.7. The van der Waals surface area contributed by atoms with Gasteiger partial charge in [0, 0.05) is 25.0 Å². The highest BCUT2D eigenvalue weighted by Gasteiger charge is 2.58. The van der Waals surface area contributed by atoms with Crippen LogP contribution >= 0.6 is 0 Å². The molecule has 50 heavy (non-hydrogen) atoms. The van der Waals surface area contributed by atoms with Crippen LogP contribution in [0.5, 0.6) is 11.5 Å². The van der Waals surface area contributed by atoms with E-state index in [2.05, 4.69) is 22.5 Å². The van der Waals surface area contributed by atoms with Crippen molar-refractivity contribution < 1.29 is 49.0 Å². The van der Waals surface area contributed by atoms with Crippen LogP contribution in [0.15, 0.2) is 70.1 Å². The van der Waals surface area contributed by atoms with Gasteiger partial charge in [0.2, 0.25) is 17.5 Å². The third-order valence-corrected chi connectivity index (χ3v) is 9.18. The molecule has 0 aliphatic carbocycles. The number of aliphatic hydroxyl groups excluding tert-OH is 2. The number of amides is 1. The number of rotatable bonds is 15. The average Bonchev–Trinajstić information content (AvgIpc) is 3.60. The lowest BCUT2D eigenvalue weighted by atomic mass is 9.84. The van der Waals surface area contributed by atoms with Crippen molar-refractivity contribution in [1.29, 1.82) is 0 Å². The number of phenolic OH excluding ortho intramolecular Hbond substituents is 1. The van der Waals surface area contributed by atoms with Crippen molar-refractivity contribution in [2.24, 2.45) is 17.6 Å². The Kier molecular flexibility index (Phi) is 11.3. The molecule has 7 atom stereocenters. The zero-order valence-electron chi connectivity index (χ0n) is 27.5. The first kappa shape index (κ1) is 36.5. The fraction of sp³-hybridized carbons (Fsp3) is 0.400. The fourth-order valence-electron chi connectivity index (χ4n) is 6.22. The summed E-state index contributed by atoms with van der Waals surface area (Å²) < 4.78 is 17.2. The summed E-state index contributed by atoms with van der Waals surface area (Å²) in [6, 6.07) is 11.4. The second kappa shape index (κ2) is 15.4. The summed E-state index contributed by atoms with van der Waals surface area (Å²) >= 11 is 0. The van der Waals surface area contributed by atoms with Crippen LogP contribution in [0.2, 0.25) is 0 Å². The molecule has 2 aromatic heterocycles. The highest BCUT2D eigenvalue weighted by Crippen LogP contribution is 2.34. The number of nitrogens with one attached hydrogen (secondary N) is 3. The number of aliphatic hydroxyl groups is 3. The maximum atomic E-state index is 13.5. The minimum Gasteiger partial charge on any atom is -0.508 e. The molecular formula is C35H42N4O11. The number of aromatic nitrogens is 1. The number of nitrogens with two attached hydrogens (primary N) is 1. The van der Waals surface area contributed by atoms with Gasteiger partial charge in [0.25, 0.3) is 5.91 Å². The third kappa shape index (κ3) is 7.67. The Balaban J connectivity index is 1.44. The smallest absolute Gasteiger partial charge is 0.335 e. The van der Waals surface area contributed by atoms with E-state index in [1.807, 2.05) is 25.5 Å². The van der Waals surface area contributed by atoms with E-state index >= 15 is 0 Å². The van der Waals surface area contributed by atoms with Crippen LogP contribution in [-0.2, 0) is 16.0 Å². The Bertz CT molecular complexity index is 1850. The van der Waals surface area contributed by atoms with Gasteiger partial charge < -0.3 is 60.8 Å². The van der Waals surface area contributed by atoms with Crippen LogP contribution in [0.25, 0.3) is 22.1 Å². The van der Waals surface area contributed by atoms with Crippen molar-refractivity contribution in [1.82, 2.24) is 15.6 Å². The number of primary amides is 1. The van der Waals surface area contributed by atoms with Gasteiger partial charge in [-0.2, -0.15) is 0 Å². The van der Waals surface area contributed by atoms with Crippen LogP contribution in [0.3, 0.4) is 0 Å². The summed E-state index contributed by atoms with van der Waals surface area (Å²) in [5, 5.41) is 59.4. The number of carboxylic acid groups (broad SMARTS) is 1. The van der Waals surface area contributed by atoms with Crippen LogP contribution < -0.4 is 26.5 Å². The number of aromatic amines is 1. The molecule has 1 saturated heterocycles. The Morgan fingerprint density at radius 3 is 2.52 bits per heavy atom. The lowest BCUT2D eigenvalue weighted by Gasteiger charge is -2.47. The zero-order valence-corrected chi connectivity index (χ0v) is 27.5. The molecule has 1 amide bonds. The van der Waals surface area contributed by atoms with Crippen molar-refractivity contribution in [3.63, 3.8) is 0 Å². The lowest BCUT2D eigenvalue weighted by molar-refractivity contribution is -0.311. The summed E-state index contributed by atoms with van der Waals surface area (Å²) in [5.74, 6) is -2.89. The number of carbonyl (C=O) groups is 2. The molecule has 3 heterocycles. The van der Waals surface area contributed by atoms with Gasteiger partial charge in [-0.3, -0.25) is 9.59 Å². The number of benzene rings is 2. The number of hydrogen-bond acceptors (Lipinski definition) is 12. The maximum Gasteiger partial charge on any atom is 0.335 e. The van der Waals surface area contributed by atoms with Crippen molar-refractivity contribution in [3.8, 4) is 22.6 Å². The van der Waals surface area contributed by atoms with Gasteiger partial charge in [-0.25, -0.2) is 4.79 Å². The Morgan fingerprint density at radius 2 is 1.88 bits per heavy atom. The number of carbonyl (C=O) groups excluding carboxylic acids is 1. The van der Waals surface area contributed by atoms with Crippen molar-refractivity contribution >= 4 is 22.8 Å². The summed E-state index contributed by atoms with van der Waals surface area (Å²) in [4.78, 5) is 40.9. The van der Waals surface area contributed by atoms with E-state index in [0.29, 0.717) is 13.0 Å². The van der Waals surface area contributed by atoms with E-state index in [1.54, 1.807) is 0 Å². The van der Waals surface area contributed by atoms with Gasteiger partial charge in [0.15, 0.2) is 11.7 Å². The zero-order chi connectivity index (χ0) is 36.2. The summed E-state index contributed by atoms with van der Waals surface area (Å²) in [6.45, 7) is 2.93. The molecule has 0 radical (unpaired) electrons. The van der Waals surface area contributed by atoms with Crippen molar-refractivity contribution in [2.45, 2.75) is 50.0 Å². The Labute approximate surface area is 286 Å². The van der Waals surface area contributed by atoms with Crippen molar-refractivity contribution in [3.05, 3.63) is 82.5 Å². The molecule has 10 N–H and O–H groups in total. The third-order valence-electron chi connectivity index (χ3n) is 9.18. The lowest BCUT2D eigenvalue weighted by Crippen LogP contribution is -2.71. The van der Waals surface area contributed by atoms with Crippen LogP contribution in [-0.4, -0.2) is 99.3 Å². The predicted octanol–water partition coefficient (Wildman–Crippen LogP) is 0.928. The number of ether oxygens (including phenoxy) is 2. The molecule has 15 nitrogen and oxygen atoms in total. The number of phenols is 1. The molecule has 15 heteroatoms. The molecule has 1 aliphatic heterocycles. The molecule has 7 unspecified atom stereocenters. The van der Waals surface area contributed by atoms with Crippen LogP contribution in [0, 0.1) is 11.8 Å². The number of H-pyrrole nitrogens is 1. The van der Waals surface area contributed by atoms with E-state index in [9.17, 15) is 39.9 Å². The molecule has 0 spiro atoms. The SMILES string of the molecule is CNCCC(C)C(CNCC1(O)C(Oc2ccc3c(=O)c(-c4ccc(O)cc4)c(C(N)=O)oc3c2)OC(C(=O)O)C(O)C1O)Cc1cc[nH]c1. The van der Waals surface area contributed by atoms with Gasteiger partial charge in [-0.1, -0.05) is 19.1 Å². The molecule has 0 saturated carbocycles. The first-order chi connectivity index (χ1) is 23.8. The molecule has 2 aromatic carbocycles. The highest BCUT2D eigenvalue weighted by molar-refractivity contribution is 5.99. The largest absolute Gasteiger partial charge is 0.508 e. The minimum absolute atomic E-state index is 0.0339. The highest BCUT2D eigenvalue weighted by atomic mass is 16.7. The van der Waals surface area contributed by atoms with E-state index in [1.165, 1.54) is 42.5 Å². The van der Waals surface area contributed by atoms with Crippen LogP contribution in [0.4, 0.5) is 0 Å². The Hall–Kier alpha value is -4.77. The van der Waals surface area contributed by atoms with E-state index in [-0.39, 0.29) is 52.0 Å². The quantitative estimate of drug-likeness (QED) is 0.0841. The van der Waals surface area contributed by atoms with Gasteiger partial charge in [-0.05, 0) is 86.3 Å². The molecule has 5 rings (SSSR count). The Morgan fingerprint density at radius 1 is 1.14 bits per heavy atom. The topological polar surface area (TPSA) is 250 Å². The number of carboxylic acids is 1. The first-order valence-electron chi connectivity index (χ1n) is 16.1. The molecule has 268 valence electrons. The van der Waals surface area contributed by atoms with Gasteiger partial charge >= 0.3 is 5.97 Å². The number of fused-ring (bicyclic) bond motifs is 1. The normalized spacial score (nSPS) is 23.4. The maximum absolute atomic E-state index is 13.5. The molecular weight excluding hydrogens is 652 g/mol. The number of hydrogen-bond donors (Lipinski definition) is 9. The predicted molar refractivity (Wildman–Crippen MR) is 181 cm³/mol. The van der Waals surface area contributed by atoms with E-state index in [0.717, 1.165) is 18.5 Å². The number of aliphatic carboxylic acids is 1. The van der Waals surface area contributed by atoms with Crippen LogP contribution in [0.1, 0.15) is 29.5 Å². The van der Waals surface area contributed by atoms with E-state index in [4.69, 9.17) is 19.6 Å². The second-order valence-corrected chi connectivity index (χ2v) is 12.7. The molecule has 4 aromatic rings. The average molecular weight is 695 g/mol. The van der Waals surface area contributed by atoms with E-state index < -0.39 is 53.3 Å². The summed E-state index contributed by atoms with van der Waals surface area (Å²) in [7, 11) is 1.87. The first-order valence-corrected chi connectivity index (χ1v) is 16.1. The van der Waals surface area contributed by atoms with Gasteiger partial charge in [-0.15, -0.1) is 0 Å². The number of aromatic hydroxyl groups is 1. The van der Waals surface area contributed by atoms with Gasteiger partial charge in [0.05, 0.1) is 10.9 Å². The molecule has 0 bridgehead atoms.